The van der Waals surface area contributed by atoms with Gasteiger partial charge in [-0.1, -0.05) is 37.6 Å². The minimum absolute atomic E-state index is 0.177. The maximum Gasteiger partial charge on any atom is 0.341 e. The highest BCUT2D eigenvalue weighted by molar-refractivity contribution is 7.87. The van der Waals surface area contributed by atoms with Gasteiger partial charge in [0.05, 0.1) is 5.52 Å². The molecule has 0 amide bonds. The fourth-order valence-electron chi connectivity index (χ4n) is 3.65. The Morgan fingerprint density at radius 1 is 1.16 bits per heavy atom. The number of carboxylic acids is 1. The van der Waals surface area contributed by atoms with Crippen molar-refractivity contribution >= 4 is 43.4 Å². The number of anilines is 1. The summed E-state index contributed by atoms with van der Waals surface area (Å²) in [6.45, 7) is 2.99. The topological polar surface area (TPSA) is 132 Å². The van der Waals surface area contributed by atoms with Gasteiger partial charge in [0, 0.05) is 16.8 Å². The van der Waals surface area contributed by atoms with E-state index in [0.29, 0.717) is 11.9 Å². The van der Waals surface area contributed by atoms with Gasteiger partial charge >= 0.3 is 16.1 Å². The first-order valence-corrected chi connectivity index (χ1v) is 12.6. The molecule has 11 heteroatoms. The monoisotopic (exact) mass is 480 g/mol. The number of benzene rings is 2. The molecule has 0 atom stereocenters. The van der Waals surface area contributed by atoms with Crippen molar-refractivity contribution in [3.8, 4) is 5.75 Å². The number of thiol groups is 1. The number of fused-ring (bicyclic) bond motifs is 1. The van der Waals surface area contributed by atoms with Crippen LogP contribution in [0.3, 0.4) is 0 Å². The van der Waals surface area contributed by atoms with Crippen molar-refractivity contribution in [2.24, 2.45) is 0 Å². The Morgan fingerprint density at radius 2 is 1.88 bits per heavy atom. The van der Waals surface area contributed by atoms with Crippen LogP contribution in [0.25, 0.3) is 10.9 Å². The van der Waals surface area contributed by atoms with Gasteiger partial charge in [0.1, 0.15) is 23.1 Å². The summed E-state index contributed by atoms with van der Waals surface area (Å²) in [5.74, 6) is -1.36. The first-order valence-electron chi connectivity index (χ1n) is 9.87. The number of aromatic nitrogens is 1. The third kappa shape index (κ3) is 4.89. The highest BCUT2D eigenvalue weighted by Crippen LogP contribution is 2.37. The largest absolute Gasteiger partial charge is 0.480 e. The first kappa shape index (κ1) is 23.6. The molecule has 3 rings (SSSR count). The highest BCUT2D eigenvalue weighted by atomic mass is 32.2. The second-order valence-electron chi connectivity index (χ2n) is 7.16. The summed E-state index contributed by atoms with van der Waals surface area (Å²) in [6, 6.07) is 11.5. The molecule has 1 aromatic heterocycles. The maximum atomic E-state index is 13.5. The normalized spacial score (nSPS) is 11.7. The van der Waals surface area contributed by atoms with Crippen molar-refractivity contribution in [3.05, 3.63) is 53.7 Å². The van der Waals surface area contributed by atoms with Crippen LogP contribution in [0.5, 0.6) is 5.75 Å². The highest BCUT2D eigenvalue weighted by Gasteiger charge is 2.30. The Morgan fingerprint density at radius 3 is 2.53 bits per heavy atom. The van der Waals surface area contributed by atoms with Gasteiger partial charge in [0.15, 0.2) is 10.7 Å². The van der Waals surface area contributed by atoms with Crippen molar-refractivity contribution in [2.75, 3.05) is 11.2 Å². The Balaban J connectivity index is 2.23. The van der Waals surface area contributed by atoms with Crippen LogP contribution in [0.4, 0.5) is 5.69 Å². The molecule has 3 aromatic rings. The zero-order chi connectivity index (χ0) is 23.5. The van der Waals surface area contributed by atoms with E-state index in [1.165, 1.54) is 17.6 Å². The molecule has 0 bridgehead atoms. The van der Waals surface area contributed by atoms with Crippen LogP contribution in [-0.4, -0.2) is 38.4 Å². The van der Waals surface area contributed by atoms with E-state index in [2.05, 4.69) is 5.32 Å². The molecule has 0 radical (unpaired) electrons. The quantitative estimate of drug-likeness (QED) is 0.298. The van der Waals surface area contributed by atoms with Crippen LogP contribution in [0.2, 0.25) is 0 Å². The van der Waals surface area contributed by atoms with Crippen molar-refractivity contribution in [1.82, 2.24) is 4.57 Å². The first-order chi connectivity index (χ1) is 15.2. The van der Waals surface area contributed by atoms with Crippen molar-refractivity contribution in [2.45, 2.75) is 38.1 Å². The summed E-state index contributed by atoms with van der Waals surface area (Å²) >= 11 is 0. The van der Waals surface area contributed by atoms with E-state index in [9.17, 15) is 26.7 Å². The molecule has 1 heterocycles. The Hall–Kier alpha value is -3.05. The van der Waals surface area contributed by atoms with Gasteiger partial charge in [-0.2, -0.15) is 8.42 Å². The summed E-state index contributed by atoms with van der Waals surface area (Å²) in [5, 5.41) is 12.2. The fourth-order valence-corrected chi connectivity index (χ4v) is 5.37. The van der Waals surface area contributed by atoms with E-state index in [0.717, 1.165) is 12.0 Å². The zero-order valence-electron chi connectivity index (χ0n) is 17.6. The van der Waals surface area contributed by atoms with Crippen LogP contribution in [0.1, 0.15) is 24.6 Å². The van der Waals surface area contributed by atoms with E-state index < -0.39 is 39.2 Å². The average Bonchev–Trinajstić information content (AvgIpc) is 3.00. The molecule has 0 unspecified atom stereocenters. The second kappa shape index (κ2) is 9.61. The number of hydrogen-bond acceptors (Lipinski definition) is 7. The molecule has 0 aliphatic heterocycles. The van der Waals surface area contributed by atoms with Gasteiger partial charge in [0.25, 0.3) is 0 Å². The van der Waals surface area contributed by atoms with E-state index >= 15 is 0 Å². The molecular weight excluding hydrogens is 456 g/mol. The summed E-state index contributed by atoms with van der Waals surface area (Å²) in [4.78, 5) is 11.2. The molecule has 2 aromatic carbocycles. The molecule has 2 N–H and O–H groups in total. The number of carboxylic acid groups (broad SMARTS) is 1. The van der Waals surface area contributed by atoms with Gasteiger partial charge in [-0.05, 0) is 37.1 Å². The Labute approximate surface area is 187 Å². The number of hydrogen-bond donors (Lipinski definition) is 3. The molecule has 0 saturated carbocycles. The third-order valence-corrected chi connectivity index (χ3v) is 6.74. The van der Waals surface area contributed by atoms with Gasteiger partial charge in [-0.15, -0.1) is 0 Å². The summed E-state index contributed by atoms with van der Waals surface area (Å²) < 4.78 is 56.0. The molecular formula is C21H24N2O7S2. The van der Waals surface area contributed by atoms with Crippen molar-refractivity contribution in [1.29, 1.82) is 0 Å². The van der Waals surface area contributed by atoms with Gasteiger partial charge in [0.2, 0.25) is 0 Å². The lowest BCUT2D eigenvalue weighted by atomic mass is 10.1. The molecule has 0 spiro atoms. The van der Waals surface area contributed by atoms with E-state index in [-0.39, 0.29) is 27.4 Å². The summed E-state index contributed by atoms with van der Waals surface area (Å²) in [5.41, 5.74) is 1.49. The second-order valence-corrected chi connectivity index (χ2v) is 9.62. The van der Waals surface area contributed by atoms with Crippen LogP contribution < -0.4 is 9.50 Å². The lowest BCUT2D eigenvalue weighted by Gasteiger charge is -2.12. The van der Waals surface area contributed by atoms with E-state index in [1.807, 2.05) is 6.92 Å². The van der Waals surface area contributed by atoms with Gasteiger partial charge in [-0.3, -0.25) is 4.79 Å². The Bertz CT molecular complexity index is 1330. The SMILES string of the molecule is CCCc1ccccc1OS(=O)(=O)c1c(C)n(CC(=O)O)c2cccc(NC[SH](=O)=O)c12. The molecule has 32 heavy (non-hydrogen) atoms. The Kier molecular flexibility index (Phi) is 7.09. The number of nitrogens with one attached hydrogen (secondary N) is 1. The number of aliphatic carboxylic acids is 1. The van der Waals surface area contributed by atoms with Crippen LogP contribution in [0, 0.1) is 6.92 Å². The van der Waals surface area contributed by atoms with Gasteiger partial charge < -0.3 is 19.2 Å². The molecule has 0 aliphatic rings. The van der Waals surface area contributed by atoms with Crippen LogP contribution in [-0.2, 0) is 38.6 Å². The van der Waals surface area contributed by atoms with Crippen LogP contribution in [0.15, 0.2) is 47.4 Å². The van der Waals surface area contributed by atoms with E-state index in [4.69, 9.17) is 4.18 Å². The third-order valence-electron chi connectivity index (χ3n) is 4.93. The predicted octanol–water partition coefficient (Wildman–Crippen LogP) is 2.74. The van der Waals surface area contributed by atoms with E-state index in [1.54, 1.807) is 36.4 Å². The molecule has 0 fully saturated rings. The number of rotatable bonds is 10. The molecule has 0 saturated heterocycles. The molecule has 9 nitrogen and oxygen atoms in total. The van der Waals surface area contributed by atoms with Crippen molar-refractivity contribution < 1.29 is 30.9 Å². The number of carbonyl (C=O) groups is 1. The number of para-hydroxylation sites is 1. The summed E-state index contributed by atoms with van der Waals surface area (Å²) in [7, 11) is -7.17. The minimum Gasteiger partial charge on any atom is -0.480 e. The lowest BCUT2D eigenvalue weighted by molar-refractivity contribution is -0.137. The summed E-state index contributed by atoms with van der Waals surface area (Å²) in [6.07, 6.45) is 1.41. The average molecular weight is 481 g/mol. The zero-order valence-corrected chi connectivity index (χ0v) is 19.3. The fraction of sp³-hybridized carbons (Fsp3) is 0.286. The van der Waals surface area contributed by atoms with Crippen molar-refractivity contribution in [3.63, 3.8) is 0 Å². The molecule has 172 valence electrons. The maximum absolute atomic E-state index is 13.5. The minimum atomic E-state index is -4.39. The number of aryl methyl sites for hydroxylation is 1. The number of nitrogens with zero attached hydrogens (tertiary/aromatic N) is 1. The predicted molar refractivity (Wildman–Crippen MR) is 121 cm³/mol. The standard InChI is InChI=1S/C21H24N2O7S2/c1-3-7-15-8-4-5-11-18(15)30-32(28,29)21-14(2)23(12-19(24)25)17-10-6-9-16(20(17)21)22-13-31(26)27/h4-6,8-11,22,31H,3,7,12-13H2,1-2H3,(H,24,25). The smallest absolute Gasteiger partial charge is 0.341 e. The molecule has 0 aliphatic carbocycles. The van der Waals surface area contributed by atoms with Crippen LogP contribution >= 0.6 is 0 Å². The van der Waals surface area contributed by atoms with Gasteiger partial charge in [-0.25, -0.2) is 8.42 Å². The lowest BCUT2D eigenvalue weighted by Crippen LogP contribution is -2.14.